The van der Waals surface area contributed by atoms with Crippen LogP contribution in [0.5, 0.6) is 0 Å². The number of ketones is 3. The molecule has 0 fully saturated rings. The zero-order chi connectivity index (χ0) is 31.7. The van der Waals surface area contributed by atoms with Crippen molar-refractivity contribution >= 4 is 35.3 Å². The van der Waals surface area contributed by atoms with E-state index in [4.69, 9.17) is 0 Å². The highest BCUT2D eigenvalue weighted by Gasteiger charge is 2.39. The highest BCUT2D eigenvalue weighted by Crippen LogP contribution is 2.34. The van der Waals surface area contributed by atoms with Crippen molar-refractivity contribution in [1.82, 2.24) is 0 Å². The van der Waals surface area contributed by atoms with Crippen LogP contribution in [0.1, 0.15) is 198 Å². The predicted octanol–water partition coefficient (Wildman–Crippen LogP) is 8.41. The molecule has 0 unspecified atom stereocenters. The lowest BCUT2D eigenvalue weighted by Gasteiger charge is -2.20. The van der Waals surface area contributed by atoms with Gasteiger partial charge in [0, 0.05) is 36.0 Å². The van der Waals surface area contributed by atoms with Crippen LogP contribution < -0.4 is 0 Å². The normalized spacial score (nSPS) is 10.9. The molecule has 42 heavy (non-hydrogen) atoms. The predicted molar refractivity (Wildman–Crippen MR) is 160 cm³/mol. The van der Waals surface area contributed by atoms with Gasteiger partial charge in [0.25, 0.3) is 0 Å². The van der Waals surface area contributed by atoms with Gasteiger partial charge in [-0.2, -0.15) is 0 Å². The van der Waals surface area contributed by atoms with Gasteiger partial charge in [0.15, 0.2) is 17.3 Å². The Labute approximate surface area is 249 Å². The van der Waals surface area contributed by atoms with Gasteiger partial charge in [-0.25, -0.2) is 14.4 Å². The van der Waals surface area contributed by atoms with Crippen LogP contribution in [0.3, 0.4) is 0 Å². The molecular formula is C33H48O9. The summed E-state index contributed by atoms with van der Waals surface area (Å²) in [5.74, 6) is -7.81. The number of aromatic carboxylic acids is 3. The fraction of sp³-hybridized carbons (Fsp3) is 0.636. The van der Waals surface area contributed by atoms with Gasteiger partial charge in [-0.3, -0.25) is 14.4 Å². The summed E-state index contributed by atoms with van der Waals surface area (Å²) in [5.41, 5.74) is -5.04. The van der Waals surface area contributed by atoms with Gasteiger partial charge in [-0.1, -0.05) is 97.8 Å². The van der Waals surface area contributed by atoms with Crippen LogP contribution in [0.2, 0.25) is 0 Å². The molecule has 9 nitrogen and oxygen atoms in total. The number of carbonyl (C=O) groups excluding carboxylic acids is 3. The standard InChI is InChI=1S/C33H48O9/c1-4-7-10-13-16-19-22(34)25-26(23(35)20-17-14-11-8-5-2)29(32(39)40)30(33(41)42)27(28(25)31(37)38)24(36)21-18-15-12-9-6-3/h4-21H2,1-3H3,(H,37,38)(H,39,40)(H,41,42). The largest absolute Gasteiger partial charge is 0.478 e. The summed E-state index contributed by atoms with van der Waals surface area (Å²) >= 11 is 0. The molecule has 1 aromatic rings. The van der Waals surface area contributed by atoms with Gasteiger partial charge in [0.05, 0.1) is 16.7 Å². The van der Waals surface area contributed by atoms with Crippen LogP contribution in [-0.4, -0.2) is 50.6 Å². The molecule has 0 aliphatic heterocycles. The van der Waals surface area contributed by atoms with E-state index in [-0.39, 0.29) is 19.3 Å². The van der Waals surface area contributed by atoms with Crippen LogP contribution in [0.15, 0.2) is 0 Å². The van der Waals surface area contributed by atoms with E-state index >= 15 is 0 Å². The Morgan fingerprint density at radius 2 is 0.571 bits per heavy atom. The fourth-order valence-corrected chi connectivity index (χ4v) is 5.27. The summed E-state index contributed by atoms with van der Waals surface area (Å²) in [6.45, 7) is 6.08. The summed E-state index contributed by atoms with van der Waals surface area (Å²) < 4.78 is 0. The summed E-state index contributed by atoms with van der Waals surface area (Å²) in [7, 11) is 0. The van der Waals surface area contributed by atoms with Crippen LogP contribution >= 0.6 is 0 Å². The molecule has 0 bridgehead atoms. The summed E-state index contributed by atoms with van der Waals surface area (Å²) in [4.78, 5) is 78.4. The van der Waals surface area contributed by atoms with E-state index in [0.717, 1.165) is 57.8 Å². The average molecular weight is 589 g/mol. The Morgan fingerprint density at radius 3 is 0.810 bits per heavy atom. The Morgan fingerprint density at radius 1 is 0.357 bits per heavy atom. The molecular weight excluding hydrogens is 540 g/mol. The van der Waals surface area contributed by atoms with Crippen molar-refractivity contribution in [2.75, 3.05) is 0 Å². The minimum atomic E-state index is -1.83. The van der Waals surface area contributed by atoms with Gasteiger partial charge in [-0.05, 0) is 19.3 Å². The van der Waals surface area contributed by atoms with E-state index in [0.29, 0.717) is 38.5 Å². The topological polar surface area (TPSA) is 163 Å². The SMILES string of the molecule is CCCCCCCC(=O)c1c(C(=O)O)c(C(=O)O)c(C(=O)CCCCCCC)c(C(=O)CCCCCCC)c1C(=O)O. The first-order valence-electron chi connectivity index (χ1n) is 15.6. The van der Waals surface area contributed by atoms with Crippen molar-refractivity contribution in [2.24, 2.45) is 0 Å². The highest BCUT2D eigenvalue weighted by atomic mass is 16.4. The summed E-state index contributed by atoms with van der Waals surface area (Å²) in [6, 6.07) is 0. The molecule has 1 aromatic carbocycles. The van der Waals surface area contributed by atoms with Crippen LogP contribution in [0.4, 0.5) is 0 Å². The zero-order valence-corrected chi connectivity index (χ0v) is 25.5. The van der Waals surface area contributed by atoms with Crippen molar-refractivity contribution in [1.29, 1.82) is 0 Å². The molecule has 0 saturated carbocycles. The Kier molecular flexibility index (Phi) is 17.2. The van der Waals surface area contributed by atoms with Crippen LogP contribution in [0.25, 0.3) is 0 Å². The first kappa shape index (κ1) is 36.7. The average Bonchev–Trinajstić information content (AvgIpc) is 2.94. The molecule has 0 aromatic heterocycles. The molecule has 0 saturated heterocycles. The number of unbranched alkanes of at least 4 members (excludes halogenated alkanes) is 12. The summed E-state index contributed by atoms with van der Waals surface area (Å²) in [5, 5.41) is 30.6. The van der Waals surface area contributed by atoms with Gasteiger partial charge in [-0.15, -0.1) is 0 Å². The van der Waals surface area contributed by atoms with E-state index in [1.54, 1.807) is 0 Å². The Balaban J connectivity index is 3.88. The van der Waals surface area contributed by atoms with E-state index < -0.39 is 68.6 Å². The van der Waals surface area contributed by atoms with Crippen LogP contribution in [-0.2, 0) is 0 Å². The second kappa shape index (κ2) is 19.7. The molecule has 1 rings (SSSR count). The smallest absolute Gasteiger partial charge is 0.337 e. The minimum absolute atomic E-state index is 0.156. The molecule has 0 spiro atoms. The second-order valence-electron chi connectivity index (χ2n) is 10.9. The molecule has 234 valence electrons. The Hall–Kier alpha value is -3.36. The maximum absolute atomic E-state index is 13.6. The monoisotopic (exact) mass is 588 g/mol. The van der Waals surface area contributed by atoms with Gasteiger partial charge in [0.1, 0.15) is 0 Å². The molecule has 0 aliphatic rings. The first-order valence-corrected chi connectivity index (χ1v) is 15.6. The van der Waals surface area contributed by atoms with E-state index in [9.17, 15) is 44.1 Å². The molecule has 0 amide bonds. The zero-order valence-electron chi connectivity index (χ0n) is 25.5. The minimum Gasteiger partial charge on any atom is -0.478 e. The highest BCUT2D eigenvalue weighted by molar-refractivity contribution is 6.26. The fourth-order valence-electron chi connectivity index (χ4n) is 5.27. The number of carboxylic acids is 3. The number of Topliss-reactive ketones (excluding diaryl/α,β-unsaturated/α-hetero) is 3. The number of hydrogen-bond acceptors (Lipinski definition) is 6. The van der Waals surface area contributed by atoms with Gasteiger partial charge in [0.2, 0.25) is 0 Å². The summed E-state index contributed by atoms with van der Waals surface area (Å²) in [6.07, 6.45) is 10.8. The lowest BCUT2D eigenvalue weighted by molar-refractivity contribution is 0.0641. The Bertz CT molecular complexity index is 1120. The third-order valence-electron chi connectivity index (χ3n) is 7.50. The van der Waals surface area contributed by atoms with Gasteiger partial charge >= 0.3 is 17.9 Å². The van der Waals surface area contributed by atoms with E-state index in [1.807, 2.05) is 20.8 Å². The lowest BCUT2D eigenvalue weighted by Crippen LogP contribution is -2.28. The van der Waals surface area contributed by atoms with E-state index in [2.05, 4.69) is 0 Å². The lowest BCUT2D eigenvalue weighted by atomic mass is 9.79. The van der Waals surface area contributed by atoms with E-state index in [1.165, 1.54) is 0 Å². The molecule has 0 aliphatic carbocycles. The quantitative estimate of drug-likeness (QED) is 0.0794. The molecule has 3 N–H and O–H groups in total. The van der Waals surface area contributed by atoms with Gasteiger partial charge < -0.3 is 15.3 Å². The number of hydrogen-bond donors (Lipinski definition) is 3. The maximum Gasteiger partial charge on any atom is 0.337 e. The van der Waals surface area contributed by atoms with Crippen molar-refractivity contribution in [3.05, 3.63) is 33.4 Å². The third kappa shape index (κ3) is 10.8. The number of carbonyl (C=O) groups is 6. The number of benzene rings is 1. The van der Waals surface area contributed by atoms with Crippen LogP contribution in [0, 0.1) is 0 Å². The van der Waals surface area contributed by atoms with Crippen molar-refractivity contribution in [3.8, 4) is 0 Å². The molecule has 0 atom stereocenters. The maximum atomic E-state index is 13.6. The number of carboxylic acid groups (broad SMARTS) is 3. The second-order valence-corrected chi connectivity index (χ2v) is 10.9. The van der Waals surface area contributed by atoms with Crippen molar-refractivity contribution < 1.29 is 44.1 Å². The number of rotatable bonds is 24. The first-order chi connectivity index (χ1) is 20.0. The molecule has 0 radical (unpaired) electrons. The van der Waals surface area contributed by atoms with Crippen molar-refractivity contribution in [3.63, 3.8) is 0 Å². The third-order valence-corrected chi connectivity index (χ3v) is 7.50. The van der Waals surface area contributed by atoms with Crippen molar-refractivity contribution in [2.45, 2.75) is 136 Å². The molecule has 0 heterocycles. The molecule has 9 heteroatoms.